The second kappa shape index (κ2) is 15.4. The molecular weight excluding hydrogens is 624 g/mol. The van der Waals surface area contributed by atoms with Crippen molar-refractivity contribution < 1.29 is 31.5 Å². The Kier molecular flexibility index (Phi) is 11.7. The number of carbonyl (C=O) groups excluding carboxylic acids is 1. The zero-order valence-electron chi connectivity index (χ0n) is 24.4. The molecular formula is C33H34F3N3O4S2. The van der Waals surface area contributed by atoms with Crippen molar-refractivity contribution in [2.24, 2.45) is 0 Å². The van der Waals surface area contributed by atoms with Crippen molar-refractivity contribution in [1.82, 2.24) is 10.6 Å². The first-order valence-electron chi connectivity index (χ1n) is 14.1. The molecule has 4 aromatic rings. The number of rotatable bonds is 14. The molecule has 7 nitrogen and oxygen atoms in total. The van der Waals surface area contributed by atoms with Crippen LogP contribution in [0.4, 0.5) is 18.9 Å². The Bertz CT molecular complexity index is 1660. The number of hydrogen-bond donors (Lipinski definition) is 3. The molecule has 2 atom stereocenters. The summed E-state index contributed by atoms with van der Waals surface area (Å²) in [5.74, 6) is -0.426. The van der Waals surface area contributed by atoms with E-state index in [0.717, 1.165) is 24.0 Å². The summed E-state index contributed by atoms with van der Waals surface area (Å²) in [5, 5.41) is 17.1. The maximum atomic E-state index is 13.6. The van der Waals surface area contributed by atoms with Gasteiger partial charge in [-0.1, -0.05) is 78.9 Å². The SMILES string of the molecule is CS(=O)(=O)N(CSc1ccccc1C(=O)N[C@@H](Cc1ccccc1)[C@H](O)CNCc1cccc(C(F)(F)F)c1)c1ccccc1. The fraction of sp³-hybridized carbons (Fsp3) is 0.242. The highest BCUT2D eigenvalue weighted by molar-refractivity contribution is 8.01. The monoisotopic (exact) mass is 657 g/mol. The number of nitrogens with one attached hydrogen (secondary N) is 2. The minimum absolute atomic E-state index is 0.00478. The van der Waals surface area contributed by atoms with E-state index in [1.807, 2.05) is 30.3 Å². The van der Waals surface area contributed by atoms with Crippen molar-refractivity contribution >= 4 is 33.4 Å². The average Bonchev–Trinajstić information content (AvgIpc) is 3.01. The van der Waals surface area contributed by atoms with Crippen LogP contribution in [0.1, 0.15) is 27.0 Å². The quantitative estimate of drug-likeness (QED) is 0.119. The summed E-state index contributed by atoms with van der Waals surface area (Å²) in [7, 11) is -3.61. The van der Waals surface area contributed by atoms with E-state index in [1.54, 1.807) is 60.7 Å². The number of aliphatic hydroxyl groups excluding tert-OH is 1. The number of nitrogens with zero attached hydrogens (tertiary/aromatic N) is 1. The molecule has 4 rings (SSSR count). The van der Waals surface area contributed by atoms with Crippen LogP contribution in [-0.2, 0) is 29.2 Å². The van der Waals surface area contributed by atoms with Crippen LogP contribution in [0.15, 0.2) is 114 Å². The third-order valence-corrected chi connectivity index (χ3v) is 9.29. The van der Waals surface area contributed by atoms with Gasteiger partial charge < -0.3 is 15.7 Å². The van der Waals surface area contributed by atoms with Gasteiger partial charge in [0.05, 0.1) is 41.1 Å². The van der Waals surface area contributed by atoms with Gasteiger partial charge >= 0.3 is 6.18 Å². The van der Waals surface area contributed by atoms with Crippen molar-refractivity contribution in [3.05, 3.63) is 131 Å². The molecule has 0 aliphatic heterocycles. The highest BCUT2D eigenvalue weighted by Crippen LogP contribution is 2.30. The van der Waals surface area contributed by atoms with Crippen LogP contribution < -0.4 is 14.9 Å². The molecule has 0 aromatic heterocycles. The maximum absolute atomic E-state index is 13.6. The molecule has 0 aliphatic carbocycles. The van der Waals surface area contributed by atoms with Crippen molar-refractivity contribution in [1.29, 1.82) is 0 Å². The molecule has 1 amide bonds. The highest BCUT2D eigenvalue weighted by Gasteiger charge is 2.30. The highest BCUT2D eigenvalue weighted by atomic mass is 32.2. The van der Waals surface area contributed by atoms with Crippen LogP contribution in [0, 0.1) is 0 Å². The number of anilines is 1. The van der Waals surface area contributed by atoms with Crippen molar-refractivity contribution in [3.63, 3.8) is 0 Å². The lowest BCUT2D eigenvalue weighted by atomic mass is 10.00. The lowest BCUT2D eigenvalue weighted by Gasteiger charge is -2.26. The molecule has 0 aliphatic rings. The van der Waals surface area contributed by atoms with Gasteiger partial charge in [0, 0.05) is 18.0 Å². The molecule has 0 fully saturated rings. The van der Waals surface area contributed by atoms with Crippen LogP contribution in [0.3, 0.4) is 0 Å². The van der Waals surface area contributed by atoms with Crippen LogP contribution in [-0.4, -0.2) is 50.3 Å². The number of aliphatic hydroxyl groups is 1. The normalized spacial score (nSPS) is 13.2. The molecule has 0 radical (unpaired) electrons. The van der Waals surface area contributed by atoms with E-state index in [4.69, 9.17) is 0 Å². The van der Waals surface area contributed by atoms with E-state index >= 15 is 0 Å². The van der Waals surface area contributed by atoms with E-state index in [0.29, 0.717) is 28.1 Å². The molecule has 45 heavy (non-hydrogen) atoms. The number of alkyl halides is 3. The zero-order chi connectivity index (χ0) is 32.5. The first kappa shape index (κ1) is 34.0. The third-order valence-electron chi connectivity index (χ3n) is 6.93. The van der Waals surface area contributed by atoms with E-state index in [2.05, 4.69) is 10.6 Å². The second-order valence-electron chi connectivity index (χ2n) is 10.4. The van der Waals surface area contributed by atoms with Crippen LogP contribution >= 0.6 is 11.8 Å². The van der Waals surface area contributed by atoms with Crippen LogP contribution in [0.25, 0.3) is 0 Å². The summed E-state index contributed by atoms with van der Waals surface area (Å²) in [5.41, 5.74) is 1.33. The fourth-order valence-corrected chi connectivity index (χ4v) is 6.95. The topological polar surface area (TPSA) is 98.7 Å². The minimum Gasteiger partial charge on any atom is -0.390 e. The Morgan fingerprint density at radius 1 is 0.889 bits per heavy atom. The van der Waals surface area contributed by atoms with E-state index in [1.165, 1.54) is 22.1 Å². The summed E-state index contributed by atoms with van der Waals surface area (Å²) in [4.78, 5) is 14.2. The average molecular weight is 658 g/mol. The van der Waals surface area contributed by atoms with Gasteiger partial charge in [-0.15, -0.1) is 11.8 Å². The molecule has 0 saturated heterocycles. The Hall–Kier alpha value is -3.84. The lowest BCUT2D eigenvalue weighted by molar-refractivity contribution is -0.137. The Balaban J connectivity index is 1.47. The van der Waals surface area contributed by atoms with Gasteiger partial charge in [0.1, 0.15) is 0 Å². The molecule has 12 heteroatoms. The number of carbonyl (C=O) groups is 1. The molecule has 238 valence electrons. The number of hydrogen-bond acceptors (Lipinski definition) is 6. The van der Waals surface area contributed by atoms with E-state index in [-0.39, 0.29) is 19.0 Å². The maximum Gasteiger partial charge on any atom is 0.416 e. The van der Waals surface area contributed by atoms with Gasteiger partial charge in [0.2, 0.25) is 10.0 Å². The summed E-state index contributed by atoms with van der Waals surface area (Å²) in [6.45, 7) is 0.0928. The third kappa shape index (κ3) is 10.1. The van der Waals surface area contributed by atoms with Gasteiger partial charge in [-0.05, 0) is 47.9 Å². The molecule has 0 spiro atoms. The smallest absolute Gasteiger partial charge is 0.390 e. The number of benzene rings is 4. The Labute approximate surface area is 265 Å². The summed E-state index contributed by atoms with van der Waals surface area (Å²) < 4.78 is 65.7. The van der Waals surface area contributed by atoms with E-state index < -0.39 is 39.8 Å². The molecule has 0 saturated carbocycles. The first-order valence-corrected chi connectivity index (χ1v) is 16.9. The van der Waals surface area contributed by atoms with Gasteiger partial charge in [-0.2, -0.15) is 13.2 Å². The number of para-hydroxylation sites is 1. The van der Waals surface area contributed by atoms with Gasteiger partial charge in [0.25, 0.3) is 5.91 Å². The summed E-state index contributed by atoms with van der Waals surface area (Å²) >= 11 is 1.19. The van der Waals surface area contributed by atoms with Crippen molar-refractivity contribution in [2.75, 3.05) is 23.0 Å². The molecule has 0 heterocycles. The van der Waals surface area contributed by atoms with Gasteiger partial charge in [-0.3, -0.25) is 9.10 Å². The largest absolute Gasteiger partial charge is 0.416 e. The van der Waals surface area contributed by atoms with Crippen molar-refractivity contribution in [2.45, 2.75) is 36.2 Å². The van der Waals surface area contributed by atoms with Crippen LogP contribution in [0.5, 0.6) is 0 Å². The van der Waals surface area contributed by atoms with E-state index in [9.17, 15) is 31.5 Å². The summed E-state index contributed by atoms with van der Waals surface area (Å²) in [6, 6.07) is 29.0. The number of thioether (sulfide) groups is 1. The first-order chi connectivity index (χ1) is 21.4. The molecule has 4 aromatic carbocycles. The second-order valence-corrected chi connectivity index (χ2v) is 13.3. The Morgan fingerprint density at radius 2 is 1.51 bits per heavy atom. The van der Waals surface area contributed by atoms with Crippen molar-refractivity contribution in [3.8, 4) is 0 Å². The standard InChI is InChI=1S/C33H34F3N3O4S2/c1-45(42,43)39(27-15-6-3-7-16-27)23-44-31-18-9-8-17-28(31)32(41)38-29(20-24-11-4-2-5-12-24)30(40)22-37-21-25-13-10-14-26(19-25)33(34,35)36/h2-19,29-30,37,40H,20-23H2,1H3,(H,38,41)/t29-,30+/m0/s1. The zero-order valence-corrected chi connectivity index (χ0v) is 26.1. The lowest BCUT2D eigenvalue weighted by Crippen LogP contribution is -2.48. The minimum atomic E-state index is -4.46. The number of amides is 1. The number of halogens is 3. The predicted molar refractivity (Wildman–Crippen MR) is 171 cm³/mol. The van der Waals surface area contributed by atoms with Gasteiger partial charge in [-0.25, -0.2) is 8.42 Å². The number of sulfonamides is 1. The molecule has 3 N–H and O–H groups in total. The van der Waals surface area contributed by atoms with Crippen LogP contribution in [0.2, 0.25) is 0 Å². The molecule has 0 bridgehead atoms. The summed E-state index contributed by atoms with van der Waals surface area (Å²) in [6.07, 6.45) is -4.13. The van der Waals surface area contributed by atoms with Gasteiger partial charge in [0.15, 0.2) is 0 Å². The fourth-order valence-electron chi connectivity index (χ4n) is 4.63. The predicted octanol–water partition coefficient (Wildman–Crippen LogP) is 5.71. The molecule has 0 unspecified atom stereocenters. The Morgan fingerprint density at radius 3 is 2.18 bits per heavy atom.